The summed E-state index contributed by atoms with van der Waals surface area (Å²) >= 11 is 1.09. The van der Waals surface area contributed by atoms with Gasteiger partial charge in [-0.25, -0.2) is 18.4 Å². The van der Waals surface area contributed by atoms with Crippen LogP contribution in [0, 0.1) is 0 Å². The van der Waals surface area contributed by atoms with E-state index >= 15 is 0 Å². The fraction of sp³-hybridized carbons (Fsp3) is 0.412. The Morgan fingerprint density at radius 2 is 2.00 bits per heavy atom. The molecule has 27 heavy (non-hydrogen) atoms. The molecule has 0 radical (unpaired) electrons. The van der Waals surface area contributed by atoms with Crippen molar-refractivity contribution in [3.8, 4) is 10.6 Å². The van der Waals surface area contributed by atoms with E-state index in [2.05, 4.69) is 29.6 Å². The second kappa shape index (κ2) is 7.34. The minimum absolute atomic E-state index is 0.213. The summed E-state index contributed by atoms with van der Waals surface area (Å²) in [5.74, 6) is 0. The van der Waals surface area contributed by atoms with E-state index in [0.717, 1.165) is 41.3 Å². The molecule has 0 aliphatic heterocycles. The van der Waals surface area contributed by atoms with Crippen LogP contribution in [-0.4, -0.2) is 43.9 Å². The largest absolute Gasteiger partial charge is 0.398 e. The number of anilines is 1. The van der Waals surface area contributed by atoms with Crippen molar-refractivity contribution in [2.75, 3.05) is 18.6 Å². The van der Waals surface area contributed by atoms with Gasteiger partial charge >= 0.3 is 0 Å². The zero-order valence-corrected chi connectivity index (χ0v) is 18.5. The Kier molecular flexibility index (Phi) is 5.44. The summed E-state index contributed by atoms with van der Waals surface area (Å²) in [6.07, 6.45) is 6.06. The lowest BCUT2D eigenvalue weighted by Gasteiger charge is -2.15. The van der Waals surface area contributed by atoms with Crippen molar-refractivity contribution in [2.45, 2.75) is 36.6 Å². The van der Waals surface area contributed by atoms with E-state index in [4.69, 9.17) is 10.5 Å². The summed E-state index contributed by atoms with van der Waals surface area (Å²) in [6.45, 7) is 8.11. The van der Waals surface area contributed by atoms with Crippen LogP contribution in [0.4, 0.5) is 5.69 Å². The minimum Gasteiger partial charge on any atom is -0.398 e. The number of rotatable bonds is 7. The fourth-order valence-electron chi connectivity index (χ4n) is 2.53. The summed E-state index contributed by atoms with van der Waals surface area (Å²) in [7, 11) is -4.40. The van der Waals surface area contributed by atoms with Crippen LogP contribution >= 0.6 is 11.3 Å². The molecular formula is C17H24N4O3S2Si. The summed E-state index contributed by atoms with van der Waals surface area (Å²) in [5, 5.41) is 1.35. The highest BCUT2D eigenvalue weighted by Gasteiger charge is 2.17. The van der Waals surface area contributed by atoms with Gasteiger partial charge in [0, 0.05) is 38.7 Å². The van der Waals surface area contributed by atoms with Gasteiger partial charge < -0.3 is 15.0 Å². The molecule has 0 spiro atoms. The smallest absolute Gasteiger partial charge is 0.186 e. The topological polar surface area (TPSA) is 100 Å². The van der Waals surface area contributed by atoms with Crippen molar-refractivity contribution in [1.29, 1.82) is 0 Å². The molecule has 3 heterocycles. The molecule has 0 saturated heterocycles. The Bertz CT molecular complexity index is 1070. The maximum Gasteiger partial charge on any atom is 0.186 e. The van der Waals surface area contributed by atoms with Crippen LogP contribution in [-0.2, 0) is 21.3 Å². The van der Waals surface area contributed by atoms with Crippen molar-refractivity contribution in [2.24, 2.45) is 0 Å². The van der Waals surface area contributed by atoms with E-state index in [0.29, 0.717) is 23.0 Å². The molecule has 3 aromatic rings. The molecule has 0 bridgehead atoms. The van der Waals surface area contributed by atoms with Crippen molar-refractivity contribution in [3.63, 3.8) is 0 Å². The molecule has 146 valence electrons. The minimum atomic E-state index is -3.29. The normalized spacial score (nSPS) is 12.7. The van der Waals surface area contributed by atoms with Crippen molar-refractivity contribution < 1.29 is 13.2 Å². The third-order valence-electron chi connectivity index (χ3n) is 4.14. The number of nitrogens with two attached hydrogens (primary N) is 1. The second-order valence-electron chi connectivity index (χ2n) is 7.71. The summed E-state index contributed by atoms with van der Waals surface area (Å²) < 4.78 is 31.3. The first kappa shape index (κ1) is 20.0. The first-order chi connectivity index (χ1) is 12.6. The van der Waals surface area contributed by atoms with Gasteiger partial charge in [0.05, 0.1) is 17.4 Å². The zero-order valence-electron chi connectivity index (χ0n) is 15.9. The molecule has 10 heteroatoms. The van der Waals surface area contributed by atoms with Crippen molar-refractivity contribution >= 4 is 46.0 Å². The molecule has 0 aliphatic carbocycles. The van der Waals surface area contributed by atoms with Gasteiger partial charge in [0.25, 0.3) is 0 Å². The Morgan fingerprint density at radius 1 is 1.26 bits per heavy atom. The predicted octanol–water partition coefficient (Wildman–Crippen LogP) is 3.46. The number of aromatic nitrogens is 3. The molecule has 0 saturated carbocycles. The average molecular weight is 425 g/mol. The molecule has 0 fully saturated rings. The van der Waals surface area contributed by atoms with Gasteiger partial charge in [-0.15, -0.1) is 11.3 Å². The second-order valence-corrected chi connectivity index (χ2v) is 16.6. The van der Waals surface area contributed by atoms with Crippen molar-refractivity contribution in [3.05, 3.63) is 24.7 Å². The quantitative estimate of drug-likeness (QED) is 0.460. The van der Waals surface area contributed by atoms with Gasteiger partial charge in [-0.3, -0.25) is 0 Å². The van der Waals surface area contributed by atoms with Gasteiger partial charge in [-0.2, -0.15) is 0 Å². The highest BCUT2D eigenvalue weighted by molar-refractivity contribution is 7.92. The third kappa shape index (κ3) is 4.57. The molecule has 0 atom stereocenters. The number of pyridine rings is 1. The lowest BCUT2D eigenvalue weighted by Crippen LogP contribution is -2.22. The van der Waals surface area contributed by atoms with Crippen LogP contribution in [0.15, 0.2) is 28.9 Å². The summed E-state index contributed by atoms with van der Waals surface area (Å²) in [6, 6.07) is 3.01. The van der Waals surface area contributed by atoms with E-state index in [-0.39, 0.29) is 4.21 Å². The number of ether oxygens (including phenoxy) is 1. The standard InChI is InChI=1S/C17H24N4O3S2Si/c1-26(22,23)14-10-20-17(25-14)13-9-19-16-12(15(13)18)5-6-21(16)11-24-7-8-27(2,3)4/h5-6,9-10H,7-8,11H2,1-4H3,(H2,18,19). The molecule has 3 rings (SSSR count). The van der Waals surface area contributed by atoms with Gasteiger partial charge in [0.1, 0.15) is 21.6 Å². The van der Waals surface area contributed by atoms with Gasteiger partial charge in [-0.1, -0.05) is 19.6 Å². The highest BCUT2D eigenvalue weighted by Crippen LogP contribution is 2.35. The Balaban J connectivity index is 1.83. The van der Waals surface area contributed by atoms with E-state index in [1.165, 1.54) is 6.20 Å². The Labute approximate surface area is 164 Å². The maximum atomic E-state index is 11.7. The first-order valence-corrected chi connectivity index (χ1v) is 14.9. The SMILES string of the molecule is C[Si](C)(C)CCOCn1ccc2c(N)c(-c3ncc(S(C)(=O)=O)s3)cnc21. The molecule has 7 nitrogen and oxygen atoms in total. The number of sulfone groups is 1. The summed E-state index contributed by atoms with van der Waals surface area (Å²) in [5.41, 5.74) is 8.24. The predicted molar refractivity (Wildman–Crippen MR) is 112 cm³/mol. The van der Waals surface area contributed by atoms with Crippen LogP contribution in [0.25, 0.3) is 21.6 Å². The lowest BCUT2D eigenvalue weighted by atomic mass is 10.2. The van der Waals surface area contributed by atoms with E-state index in [9.17, 15) is 8.42 Å². The van der Waals surface area contributed by atoms with Gasteiger partial charge in [0.15, 0.2) is 9.84 Å². The number of nitrogens with zero attached hydrogens (tertiary/aromatic N) is 3. The molecule has 0 amide bonds. The number of nitrogen functional groups attached to an aromatic ring is 1. The van der Waals surface area contributed by atoms with Crippen LogP contribution < -0.4 is 5.73 Å². The van der Waals surface area contributed by atoms with Crippen LogP contribution in [0.5, 0.6) is 0 Å². The van der Waals surface area contributed by atoms with E-state index < -0.39 is 17.9 Å². The van der Waals surface area contributed by atoms with Crippen LogP contribution in [0.2, 0.25) is 25.7 Å². The average Bonchev–Trinajstić information content (AvgIpc) is 3.18. The molecule has 2 N–H and O–H groups in total. The van der Waals surface area contributed by atoms with Gasteiger partial charge in [-0.05, 0) is 12.1 Å². The monoisotopic (exact) mass is 424 g/mol. The number of fused-ring (bicyclic) bond motifs is 1. The number of thiazole rings is 1. The Morgan fingerprint density at radius 3 is 2.63 bits per heavy atom. The zero-order chi connectivity index (χ0) is 19.8. The molecule has 3 aromatic heterocycles. The van der Waals surface area contributed by atoms with E-state index in [1.807, 2.05) is 16.8 Å². The van der Waals surface area contributed by atoms with Crippen molar-refractivity contribution in [1.82, 2.24) is 14.5 Å². The highest BCUT2D eigenvalue weighted by atomic mass is 32.2. The maximum absolute atomic E-state index is 11.7. The van der Waals surface area contributed by atoms with Crippen LogP contribution in [0.3, 0.4) is 0 Å². The molecular weight excluding hydrogens is 400 g/mol. The molecule has 0 aliphatic rings. The van der Waals surface area contributed by atoms with Gasteiger partial charge in [0.2, 0.25) is 0 Å². The molecule has 0 unspecified atom stereocenters. The summed E-state index contributed by atoms with van der Waals surface area (Å²) in [4.78, 5) is 8.71. The van der Waals surface area contributed by atoms with E-state index in [1.54, 1.807) is 6.20 Å². The number of hydrogen-bond acceptors (Lipinski definition) is 7. The molecule has 0 aromatic carbocycles. The van der Waals surface area contributed by atoms with Crippen LogP contribution in [0.1, 0.15) is 0 Å². The first-order valence-electron chi connectivity index (χ1n) is 8.53. The fourth-order valence-corrected chi connectivity index (χ4v) is 5.05. The number of hydrogen-bond donors (Lipinski definition) is 1. The third-order valence-corrected chi connectivity index (χ3v) is 8.66. The lowest BCUT2D eigenvalue weighted by molar-refractivity contribution is 0.0899. The Hall–Kier alpha value is -1.75.